The number of nitrogens with zero attached hydrogens (tertiary/aromatic N) is 3. The summed E-state index contributed by atoms with van der Waals surface area (Å²) in [7, 11) is 0. The van der Waals surface area contributed by atoms with Gasteiger partial charge < -0.3 is 20.9 Å². The summed E-state index contributed by atoms with van der Waals surface area (Å²) in [6, 6.07) is 8.25. The van der Waals surface area contributed by atoms with E-state index in [1.165, 1.54) is 19.1 Å². The van der Waals surface area contributed by atoms with Crippen LogP contribution in [0.4, 0.5) is 27.9 Å². The van der Waals surface area contributed by atoms with Crippen LogP contribution in [0.25, 0.3) is 17.3 Å². The van der Waals surface area contributed by atoms with Gasteiger partial charge in [-0.05, 0) is 55.8 Å². The molecule has 0 saturated carbocycles. The molecule has 2 aromatic carbocycles. The SMILES string of the molecule is CC(N)=Cc1nc(NC(C)c2cccc(O)c2)nnc1-c1ccc(C(F)(F)F)cc1OC(F)F. The van der Waals surface area contributed by atoms with Crippen molar-refractivity contribution in [3.63, 3.8) is 0 Å². The lowest BCUT2D eigenvalue weighted by Crippen LogP contribution is -2.12. The van der Waals surface area contributed by atoms with Gasteiger partial charge in [0, 0.05) is 11.3 Å². The first kappa shape index (κ1) is 24.7. The van der Waals surface area contributed by atoms with Gasteiger partial charge in [-0.15, -0.1) is 10.2 Å². The maximum atomic E-state index is 13.1. The minimum Gasteiger partial charge on any atom is -0.508 e. The molecular formula is C22H20F5N5O2. The van der Waals surface area contributed by atoms with Crippen LogP contribution in [0.5, 0.6) is 11.5 Å². The van der Waals surface area contributed by atoms with Crippen molar-refractivity contribution in [3.8, 4) is 22.8 Å². The first-order chi connectivity index (χ1) is 15.9. The Kier molecular flexibility index (Phi) is 7.18. The van der Waals surface area contributed by atoms with Crippen LogP contribution in [0, 0.1) is 0 Å². The number of allylic oxidation sites excluding steroid dienone is 1. The first-order valence-corrected chi connectivity index (χ1v) is 9.84. The van der Waals surface area contributed by atoms with Crippen molar-refractivity contribution in [2.24, 2.45) is 5.73 Å². The second-order valence-corrected chi connectivity index (χ2v) is 7.31. The molecule has 4 N–H and O–H groups in total. The predicted molar refractivity (Wildman–Crippen MR) is 115 cm³/mol. The Morgan fingerprint density at radius 3 is 2.50 bits per heavy atom. The fourth-order valence-electron chi connectivity index (χ4n) is 3.07. The van der Waals surface area contributed by atoms with Gasteiger partial charge in [-0.3, -0.25) is 0 Å². The van der Waals surface area contributed by atoms with E-state index >= 15 is 0 Å². The highest BCUT2D eigenvalue weighted by Crippen LogP contribution is 2.38. The highest BCUT2D eigenvalue weighted by Gasteiger charge is 2.32. The number of phenols is 1. The lowest BCUT2D eigenvalue weighted by atomic mass is 10.0. The molecule has 1 aromatic heterocycles. The second kappa shape index (κ2) is 9.89. The fourth-order valence-corrected chi connectivity index (χ4v) is 3.07. The van der Waals surface area contributed by atoms with Crippen molar-refractivity contribution in [1.29, 1.82) is 0 Å². The lowest BCUT2D eigenvalue weighted by molar-refractivity contribution is -0.138. The molecule has 1 heterocycles. The highest BCUT2D eigenvalue weighted by atomic mass is 19.4. The number of phenolic OH excluding ortho intramolecular Hbond substituents is 1. The maximum Gasteiger partial charge on any atom is 0.416 e. The van der Waals surface area contributed by atoms with Crippen molar-refractivity contribution >= 4 is 12.0 Å². The Bertz CT molecular complexity index is 1200. The summed E-state index contributed by atoms with van der Waals surface area (Å²) in [5, 5.41) is 20.6. The number of alkyl halides is 5. The summed E-state index contributed by atoms with van der Waals surface area (Å²) in [6.45, 7) is -0.0554. The molecule has 0 aliphatic heterocycles. The largest absolute Gasteiger partial charge is 0.508 e. The van der Waals surface area contributed by atoms with Crippen molar-refractivity contribution in [3.05, 3.63) is 65.0 Å². The summed E-state index contributed by atoms with van der Waals surface area (Å²) < 4.78 is 69.5. The summed E-state index contributed by atoms with van der Waals surface area (Å²) in [6.07, 6.45) is -3.40. The summed E-state index contributed by atoms with van der Waals surface area (Å²) >= 11 is 0. The number of hydrogen-bond donors (Lipinski definition) is 3. The van der Waals surface area contributed by atoms with Gasteiger partial charge >= 0.3 is 12.8 Å². The van der Waals surface area contributed by atoms with Crippen LogP contribution in [0.15, 0.2) is 48.2 Å². The standard InChI is InChI=1S/C22H20F5N5O2/c1-11(28)8-17-19(16-7-6-14(22(25,26)27)10-18(16)34-20(23)24)31-32-21(30-17)29-12(2)13-4-3-5-15(33)9-13/h3-10,12,20,33H,28H2,1-2H3,(H,29,30,32). The number of halogens is 5. The molecule has 0 saturated heterocycles. The highest BCUT2D eigenvalue weighted by molar-refractivity contribution is 5.75. The molecule has 7 nitrogen and oxygen atoms in total. The van der Waals surface area contributed by atoms with E-state index in [9.17, 15) is 27.1 Å². The molecular weight excluding hydrogens is 461 g/mol. The zero-order valence-electron chi connectivity index (χ0n) is 17.9. The summed E-state index contributed by atoms with van der Waals surface area (Å²) in [5.74, 6) is -0.633. The van der Waals surface area contributed by atoms with E-state index in [2.05, 4.69) is 25.2 Å². The van der Waals surface area contributed by atoms with Crippen LogP contribution in [0.3, 0.4) is 0 Å². The van der Waals surface area contributed by atoms with Crippen LogP contribution in [-0.2, 0) is 6.18 Å². The van der Waals surface area contributed by atoms with Crippen LogP contribution in [0.1, 0.15) is 36.7 Å². The molecule has 0 amide bonds. The number of aromatic hydroxyl groups is 1. The first-order valence-electron chi connectivity index (χ1n) is 9.84. The molecule has 0 radical (unpaired) electrons. The monoisotopic (exact) mass is 481 g/mol. The van der Waals surface area contributed by atoms with Crippen LogP contribution in [0.2, 0.25) is 0 Å². The Morgan fingerprint density at radius 2 is 1.88 bits per heavy atom. The zero-order chi connectivity index (χ0) is 25.0. The molecule has 0 spiro atoms. The molecule has 34 heavy (non-hydrogen) atoms. The topological polar surface area (TPSA) is 106 Å². The van der Waals surface area contributed by atoms with Crippen LogP contribution >= 0.6 is 0 Å². The van der Waals surface area contributed by atoms with Gasteiger partial charge in [0.05, 0.1) is 17.3 Å². The van der Waals surface area contributed by atoms with Crippen molar-refractivity contribution in [2.45, 2.75) is 32.7 Å². The Labute approximate surface area is 191 Å². The molecule has 0 aliphatic carbocycles. The quantitative estimate of drug-likeness (QED) is 0.390. The van der Waals surface area contributed by atoms with Gasteiger partial charge in [0.2, 0.25) is 5.95 Å². The van der Waals surface area contributed by atoms with E-state index < -0.39 is 24.1 Å². The smallest absolute Gasteiger partial charge is 0.416 e. The number of benzene rings is 2. The molecule has 3 aromatic rings. The molecule has 0 bridgehead atoms. The normalized spacial score (nSPS) is 13.1. The van der Waals surface area contributed by atoms with Gasteiger partial charge in [-0.25, -0.2) is 4.98 Å². The number of nitrogens with two attached hydrogens (primary N) is 1. The lowest BCUT2D eigenvalue weighted by Gasteiger charge is -2.17. The summed E-state index contributed by atoms with van der Waals surface area (Å²) in [5.41, 5.74) is 5.37. The number of aromatic nitrogens is 3. The number of rotatable bonds is 7. The summed E-state index contributed by atoms with van der Waals surface area (Å²) in [4.78, 5) is 4.30. The third-order valence-electron chi connectivity index (χ3n) is 4.57. The van der Waals surface area contributed by atoms with E-state index in [0.717, 1.165) is 11.6 Å². The van der Waals surface area contributed by atoms with E-state index in [4.69, 9.17) is 5.73 Å². The van der Waals surface area contributed by atoms with E-state index in [1.54, 1.807) is 25.1 Å². The third-order valence-corrected chi connectivity index (χ3v) is 4.57. The zero-order valence-corrected chi connectivity index (χ0v) is 17.9. The third kappa shape index (κ3) is 6.09. The van der Waals surface area contributed by atoms with Gasteiger partial charge in [-0.1, -0.05) is 12.1 Å². The van der Waals surface area contributed by atoms with Crippen molar-refractivity contribution in [1.82, 2.24) is 15.2 Å². The Morgan fingerprint density at radius 1 is 1.15 bits per heavy atom. The van der Waals surface area contributed by atoms with E-state index in [0.29, 0.717) is 12.1 Å². The molecule has 3 rings (SSSR count). The van der Waals surface area contributed by atoms with Crippen molar-refractivity contribution < 1.29 is 31.8 Å². The molecule has 1 unspecified atom stereocenters. The average molecular weight is 481 g/mol. The van der Waals surface area contributed by atoms with E-state index in [1.807, 2.05) is 0 Å². The maximum absolute atomic E-state index is 13.1. The number of anilines is 1. The van der Waals surface area contributed by atoms with Gasteiger partial charge in [0.15, 0.2) is 0 Å². The Hall–Kier alpha value is -3.96. The van der Waals surface area contributed by atoms with Gasteiger partial charge in [-0.2, -0.15) is 22.0 Å². The number of hydrogen-bond acceptors (Lipinski definition) is 7. The minimum absolute atomic E-state index is 0.0373. The Balaban J connectivity index is 2.05. The number of ether oxygens (including phenoxy) is 1. The van der Waals surface area contributed by atoms with Crippen LogP contribution in [-0.4, -0.2) is 26.9 Å². The average Bonchev–Trinajstić information content (AvgIpc) is 2.73. The van der Waals surface area contributed by atoms with Crippen molar-refractivity contribution in [2.75, 3.05) is 5.32 Å². The molecule has 0 fully saturated rings. The van der Waals surface area contributed by atoms with Gasteiger partial charge in [0.1, 0.15) is 17.2 Å². The fraction of sp³-hybridized carbons (Fsp3) is 0.227. The molecule has 1 atom stereocenters. The number of nitrogens with one attached hydrogen (secondary N) is 1. The van der Waals surface area contributed by atoms with E-state index in [-0.39, 0.29) is 40.4 Å². The second-order valence-electron chi connectivity index (χ2n) is 7.31. The minimum atomic E-state index is -4.77. The van der Waals surface area contributed by atoms with Gasteiger partial charge in [0.25, 0.3) is 0 Å². The molecule has 12 heteroatoms. The predicted octanol–water partition coefficient (Wildman–Crippen LogP) is 5.36. The van der Waals surface area contributed by atoms with Crippen LogP contribution < -0.4 is 15.8 Å². The molecule has 180 valence electrons. The molecule has 0 aliphatic rings.